The maximum absolute atomic E-state index is 12.8. The van der Waals surface area contributed by atoms with E-state index in [4.69, 9.17) is 14.2 Å². The Morgan fingerprint density at radius 2 is 0.719 bits per heavy atom. The van der Waals surface area contributed by atoms with E-state index >= 15 is 0 Å². The van der Waals surface area contributed by atoms with Gasteiger partial charge in [-0.1, -0.05) is 215 Å². The van der Waals surface area contributed by atoms with Crippen LogP contribution in [0.1, 0.15) is 252 Å². The number of rotatable bonds is 49. The molecule has 0 aromatic rings. The van der Waals surface area contributed by atoms with Crippen LogP contribution < -0.4 is 0 Å². The second-order valence-electron chi connectivity index (χ2n) is 17.7. The van der Waals surface area contributed by atoms with Gasteiger partial charge >= 0.3 is 11.9 Å². The normalized spacial score (nSPS) is 12.9. The van der Waals surface area contributed by atoms with Crippen molar-refractivity contribution in [1.29, 1.82) is 0 Å². The van der Waals surface area contributed by atoms with Crippen LogP contribution in [0.4, 0.5) is 0 Å². The molecule has 0 N–H and O–H groups in total. The quantitative estimate of drug-likeness (QED) is 0.0346. The summed E-state index contributed by atoms with van der Waals surface area (Å²) in [6, 6.07) is 0. The highest BCUT2D eigenvalue weighted by Gasteiger charge is 2.17. The van der Waals surface area contributed by atoms with Crippen molar-refractivity contribution in [3.8, 4) is 0 Å². The SMILES string of the molecule is CC/C=C\C/C=C\C/C=C\C/C=C\CCCCCCCCC(=O)OCC(COCCCCCCCCCC/C=C\C/C=C\CCCCC)OC(=O)CCCCCCC/C=C\CCCC. The minimum atomic E-state index is -0.553. The average molecular weight is 891 g/mol. The number of ether oxygens (including phenoxy) is 3. The zero-order chi connectivity index (χ0) is 46.3. The summed E-state index contributed by atoms with van der Waals surface area (Å²) in [6.45, 7) is 7.63. The van der Waals surface area contributed by atoms with Crippen molar-refractivity contribution in [3.63, 3.8) is 0 Å². The third kappa shape index (κ3) is 51.7. The van der Waals surface area contributed by atoms with Crippen molar-refractivity contribution < 1.29 is 23.8 Å². The Labute approximate surface area is 397 Å². The summed E-state index contributed by atoms with van der Waals surface area (Å²) in [7, 11) is 0. The number of esters is 2. The van der Waals surface area contributed by atoms with Crippen LogP contribution in [0.15, 0.2) is 85.1 Å². The van der Waals surface area contributed by atoms with Crippen LogP contribution in [-0.2, 0) is 23.8 Å². The molecule has 368 valence electrons. The fourth-order valence-corrected chi connectivity index (χ4v) is 7.34. The molecule has 0 aliphatic carbocycles. The molecule has 0 bridgehead atoms. The van der Waals surface area contributed by atoms with Crippen LogP contribution in [0.5, 0.6) is 0 Å². The van der Waals surface area contributed by atoms with E-state index in [0.29, 0.717) is 19.4 Å². The molecule has 0 aromatic carbocycles. The van der Waals surface area contributed by atoms with Crippen LogP contribution in [0.3, 0.4) is 0 Å². The lowest BCUT2D eigenvalue weighted by atomic mass is 10.1. The highest BCUT2D eigenvalue weighted by Crippen LogP contribution is 2.14. The summed E-state index contributed by atoms with van der Waals surface area (Å²) in [5.41, 5.74) is 0. The van der Waals surface area contributed by atoms with Crippen molar-refractivity contribution in [1.82, 2.24) is 0 Å². The first kappa shape index (κ1) is 61.1. The Hall–Kier alpha value is -2.92. The van der Waals surface area contributed by atoms with E-state index in [-0.39, 0.29) is 25.2 Å². The van der Waals surface area contributed by atoms with E-state index < -0.39 is 6.10 Å². The van der Waals surface area contributed by atoms with Gasteiger partial charge in [-0.05, 0) is 109 Å². The molecule has 0 aliphatic heterocycles. The highest BCUT2D eigenvalue weighted by atomic mass is 16.6. The van der Waals surface area contributed by atoms with Gasteiger partial charge in [-0.15, -0.1) is 0 Å². The zero-order valence-electron chi connectivity index (χ0n) is 42.3. The summed E-state index contributed by atoms with van der Waals surface area (Å²) >= 11 is 0. The van der Waals surface area contributed by atoms with E-state index in [9.17, 15) is 9.59 Å². The van der Waals surface area contributed by atoms with Gasteiger partial charge in [-0.25, -0.2) is 0 Å². The first-order chi connectivity index (χ1) is 31.6. The lowest BCUT2D eigenvalue weighted by Crippen LogP contribution is -2.30. The molecule has 0 amide bonds. The summed E-state index contributed by atoms with van der Waals surface area (Å²) in [5, 5.41) is 0. The van der Waals surface area contributed by atoms with Crippen molar-refractivity contribution in [3.05, 3.63) is 85.1 Å². The number of allylic oxidation sites excluding steroid dienone is 14. The standard InChI is InChI=1S/C59H102O5/c1-4-7-10-13-16-19-22-24-26-28-30-31-33-35-38-40-43-46-49-52-58(60)63-56-57(64-59(61)53-50-47-44-41-37-21-18-15-12-9-6-3)55-62-54-51-48-45-42-39-36-34-32-29-27-25-23-20-17-14-11-8-5-2/h7,10,15-20,24-27,30-31,57H,4-6,8-9,11-14,21-23,28-29,32-56H2,1-3H3/b10-7-,18-15-,19-16-,20-17-,26-24-,27-25-,31-30-. The van der Waals surface area contributed by atoms with E-state index in [2.05, 4.69) is 106 Å². The maximum Gasteiger partial charge on any atom is 0.306 e. The van der Waals surface area contributed by atoms with Gasteiger partial charge in [0.2, 0.25) is 0 Å². The molecule has 64 heavy (non-hydrogen) atoms. The van der Waals surface area contributed by atoms with Crippen LogP contribution >= 0.6 is 0 Å². The second kappa shape index (κ2) is 54.4. The van der Waals surface area contributed by atoms with Crippen LogP contribution in [-0.4, -0.2) is 37.9 Å². The van der Waals surface area contributed by atoms with Crippen molar-refractivity contribution >= 4 is 11.9 Å². The van der Waals surface area contributed by atoms with Gasteiger partial charge in [0.25, 0.3) is 0 Å². The largest absolute Gasteiger partial charge is 0.462 e. The fourth-order valence-electron chi connectivity index (χ4n) is 7.34. The molecule has 0 saturated carbocycles. The van der Waals surface area contributed by atoms with E-state index in [0.717, 1.165) is 96.3 Å². The topological polar surface area (TPSA) is 61.8 Å². The summed E-state index contributed by atoms with van der Waals surface area (Å²) in [5.74, 6) is -0.426. The molecule has 0 saturated heterocycles. The first-order valence-corrected chi connectivity index (χ1v) is 27.1. The first-order valence-electron chi connectivity index (χ1n) is 27.1. The summed E-state index contributed by atoms with van der Waals surface area (Å²) in [4.78, 5) is 25.4. The highest BCUT2D eigenvalue weighted by molar-refractivity contribution is 5.70. The Morgan fingerprint density at radius 3 is 1.19 bits per heavy atom. The Balaban J connectivity index is 4.27. The van der Waals surface area contributed by atoms with Crippen molar-refractivity contribution in [2.24, 2.45) is 0 Å². The van der Waals surface area contributed by atoms with Gasteiger partial charge in [-0.2, -0.15) is 0 Å². The van der Waals surface area contributed by atoms with Gasteiger partial charge < -0.3 is 14.2 Å². The minimum absolute atomic E-state index is 0.0691. The van der Waals surface area contributed by atoms with Gasteiger partial charge in [0.1, 0.15) is 6.61 Å². The molecule has 0 heterocycles. The molecule has 0 rings (SSSR count). The average Bonchev–Trinajstić information content (AvgIpc) is 3.30. The van der Waals surface area contributed by atoms with Crippen molar-refractivity contribution in [2.75, 3.05) is 19.8 Å². The lowest BCUT2D eigenvalue weighted by molar-refractivity contribution is -0.163. The smallest absolute Gasteiger partial charge is 0.306 e. The molecule has 0 radical (unpaired) electrons. The molecule has 1 atom stereocenters. The van der Waals surface area contributed by atoms with E-state index in [1.807, 2.05) is 0 Å². The summed E-state index contributed by atoms with van der Waals surface area (Å²) in [6.07, 6.45) is 71.6. The van der Waals surface area contributed by atoms with E-state index in [1.165, 1.54) is 122 Å². The zero-order valence-corrected chi connectivity index (χ0v) is 42.3. The molecular formula is C59H102O5. The number of hydrogen-bond donors (Lipinski definition) is 0. The molecule has 0 aliphatic rings. The van der Waals surface area contributed by atoms with Gasteiger partial charge in [-0.3, -0.25) is 9.59 Å². The Bertz CT molecular complexity index is 1190. The predicted molar refractivity (Wildman–Crippen MR) is 279 cm³/mol. The number of unbranched alkanes of at least 4 members (excludes halogenated alkanes) is 24. The van der Waals surface area contributed by atoms with E-state index in [1.54, 1.807) is 0 Å². The molecule has 1 unspecified atom stereocenters. The van der Waals surface area contributed by atoms with Gasteiger partial charge in [0.15, 0.2) is 6.10 Å². The van der Waals surface area contributed by atoms with Gasteiger partial charge in [0.05, 0.1) is 6.61 Å². The minimum Gasteiger partial charge on any atom is -0.462 e. The predicted octanol–water partition coefficient (Wildman–Crippen LogP) is 18.5. The number of hydrogen-bond acceptors (Lipinski definition) is 5. The molecule has 5 nitrogen and oxygen atoms in total. The fraction of sp³-hybridized carbons (Fsp3) is 0.729. The molecule has 0 spiro atoms. The van der Waals surface area contributed by atoms with Crippen LogP contribution in [0, 0.1) is 0 Å². The molecule has 5 heteroatoms. The Morgan fingerprint density at radius 1 is 0.359 bits per heavy atom. The molecular weight excluding hydrogens is 789 g/mol. The maximum atomic E-state index is 12.8. The summed E-state index contributed by atoms with van der Waals surface area (Å²) < 4.78 is 17.4. The van der Waals surface area contributed by atoms with Crippen LogP contribution in [0.25, 0.3) is 0 Å². The third-order valence-electron chi connectivity index (χ3n) is 11.4. The number of carbonyl (C=O) groups excluding carboxylic acids is 2. The number of carbonyl (C=O) groups is 2. The van der Waals surface area contributed by atoms with Crippen molar-refractivity contribution in [2.45, 2.75) is 258 Å². The van der Waals surface area contributed by atoms with Crippen LogP contribution in [0.2, 0.25) is 0 Å². The monoisotopic (exact) mass is 891 g/mol. The Kier molecular flexibility index (Phi) is 51.9. The lowest BCUT2D eigenvalue weighted by Gasteiger charge is -2.18. The molecule has 0 fully saturated rings. The molecule has 0 aromatic heterocycles. The van der Waals surface area contributed by atoms with Gasteiger partial charge in [0, 0.05) is 19.4 Å². The third-order valence-corrected chi connectivity index (χ3v) is 11.4. The second-order valence-corrected chi connectivity index (χ2v) is 17.7.